The van der Waals surface area contributed by atoms with Gasteiger partial charge in [0.1, 0.15) is 17.2 Å². The molecule has 1 atom stereocenters. The first kappa shape index (κ1) is 16.6. The predicted octanol–water partition coefficient (Wildman–Crippen LogP) is -0.0964. The Kier molecular flexibility index (Phi) is 4.53. The Morgan fingerprint density at radius 2 is 2.24 bits per heavy atom. The van der Waals surface area contributed by atoms with Crippen molar-refractivity contribution in [2.45, 2.75) is 33.2 Å². The highest BCUT2D eigenvalue weighted by Crippen LogP contribution is 2.37. The zero-order valence-electron chi connectivity index (χ0n) is 14.7. The fourth-order valence-corrected chi connectivity index (χ4v) is 5.12. The molecule has 25 heavy (non-hydrogen) atoms. The van der Waals surface area contributed by atoms with Crippen LogP contribution in [0.3, 0.4) is 0 Å². The van der Waals surface area contributed by atoms with Crippen LogP contribution in [-0.4, -0.2) is 62.9 Å². The third kappa shape index (κ3) is 2.76. The molecule has 0 aliphatic carbocycles. The number of thiophene rings is 1. The number of aliphatic hydroxyl groups excluding tert-OH is 1. The second kappa shape index (κ2) is 6.81. The van der Waals surface area contributed by atoms with E-state index < -0.39 is 0 Å². The molecule has 0 fully saturated rings. The Morgan fingerprint density at radius 3 is 3.00 bits per heavy atom. The predicted molar refractivity (Wildman–Crippen MR) is 97.3 cm³/mol. The van der Waals surface area contributed by atoms with Crippen LogP contribution >= 0.6 is 11.3 Å². The fraction of sp³-hybridized carbons (Fsp3) is 0.625. The van der Waals surface area contributed by atoms with E-state index in [-0.39, 0.29) is 6.61 Å². The maximum absolute atomic E-state index is 9.44. The van der Waals surface area contributed by atoms with Gasteiger partial charge in [-0.05, 0) is 29.3 Å². The third-order valence-electron chi connectivity index (χ3n) is 4.94. The fourth-order valence-electron chi connectivity index (χ4n) is 3.77. The molecular formula is C16H24N7OS+. The number of anilines is 1. The van der Waals surface area contributed by atoms with E-state index in [4.69, 9.17) is 4.98 Å². The summed E-state index contributed by atoms with van der Waals surface area (Å²) in [4.78, 5) is 11.0. The van der Waals surface area contributed by atoms with E-state index in [9.17, 15) is 5.11 Å². The molecule has 0 bridgehead atoms. The first-order valence-corrected chi connectivity index (χ1v) is 9.80. The smallest absolute Gasteiger partial charge is 0.276 e. The average Bonchev–Trinajstić information content (AvgIpc) is 3.22. The van der Waals surface area contributed by atoms with Crippen molar-refractivity contribution in [3.8, 4) is 0 Å². The number of aromatic nitrogens is 5. The molecule has 0 saturated heterocycles. The summed E-state index contributed by atoms with van der Waals surface area (Å²) in [5.41, 5.74) is 1.40. The average molecular weight is 362 g/mol. The van der Waals surface area contributed by atoms with E-state index in [2.05, 4.69) is 34.3 Å². The molecule has 3 aromatic rings. The van der Waals surface area contributed by atoms with Gasteiger partial charge in [0, 0.05) is 19.5 Å². The van der Waals surface area contributed by atoms with Gasteiger partial charge in [0.05, 0.1) is 30.0 Å². The molecule has 4 heterocycles. The van der Waals surface area contributed by atoms with Crippen molar-refractivity contribution in [2.75, 3.05) is 37.7 Å². The monoisotopic (exact) mass is 362 g/mol. The highest BCUT2D eigenvalue weighted by Gasteiger charge is 2.28. The molecular weight excluding hydrogens is 338 g/mol. The molecule has 1 unspecified atom stereocenters. The maximum Gasteiger partial charge on any atom is 0.276 e. The molecule has 0 spiro atoms. The lowest BCUT2D eigenvalue weighted by atomic mass is 10.0. The van der Waals surface area contributed by atoms with Crippen LogP contribution in [0.5, 0.6) is 0 Å². The normalized spacial score (nSPS) is 17.3. The summed E-state index contributed by atoms with van der Waals surface area (Å²) < 4.78 is 1.76. The maximum atomic E-state index is 9.44. The van der Waals surface area contributed by atoms with Crippen LogP contribution in [0.1, 0.15) is 30.7 Å². The third-order valence-corrected chi connectivity index (χ3v) is 6.15. The van der Waals surface area contributed by atoms with E-state index in [0.717, 1.165) is 36.7 Å². The minimum absolute atomic E-state index is 0.105. The number of nitrogens with one attached hydrogen (secondary N) is 1. The van der Waals surface area contributed by atoms with Gasteiger partial charge < -0.3 is 14.9 Å². The Hall–Kier alpha value is -1.84. The molecule has 2 N–H and O–H groups in total. The zero-order chi connectivity index (χ0) is 17.4. The van der Waals surface area contributed by atoms with Crippen LogP contribution in [0.25, 0.3) is 16.0 Å². The number of tetrazole rings is 1. The van der Waals surface area contributed by atoms with E-state index in [1.54, 1.807) is 20.8 Å². The Balaban J connectivity index is 1.92. The lowest BCUT2D eigenvalue weighted by molar-refractivity contribution is -0.915. The van der Waals surface area contributed by atoms with Crippen LogP contribution < -0.4 is 9.80 Å². The van der Waals surface area contributed by atoms with Gasteiger partial charge in [-0.25, -0.2) is 0 Å². The number of rotatable bonds is 6. The number of aliphatic hydroxyl groups is 1. The summed E-state index contributed by atoms with van der Waals surface area (Å²) in [6, 6.07) is 0. The molecule has 8 nitrogen and oxygen atoms in total. The molecule has 3 aromatic heterocycles. The SMILES string of the molecule is CCC[NH+]1CCc2c(sc3c2c(N(CC)CCO)nc2nnnn23)C1. The van der Waals surface area contributed by atoms with Gasteiger partial charge in [-0.1, -0.05) is 12.0 Å². The van der Waals surface area contributed by atoms with E-state index in [0.29, 0.717) is 12.3 Å². The topological polar surface area (TPSA) is 83.9 Å². The van der Waals surface area contributed by atoms with Gasteiger partial charge in [-0.2, -0.15) is 9.50 Å². The number of hydrogen-bond donors (Lipinski definition) is 2. The Morgan fingerprint density at radius 1 is 1.36 bits per heavy atom. The van der Waals surface area contributed by atoms with Crippen LogP contribution in [0, 0.1) is 0 Å². The van der Waals surface area contributed by atoms with Crippen LogP contribution in [0.2, 0.25) is 0 Å². The molecule has 0 radical (unpaired) electrons. The first-order chi connectivity index (χ1) is 12.3. The lowest BCUT2D eigenvalue weighted by Gasteiger charge is -2.25. The van der Waals surface area contributed by atoms with Crippen LogP contribution in [-0.2, 0) is 13.0 Å². The molecule has 0 aromatic carbocycles. The van der Waals surface area contributed by atoms with Gasteiger partial charge in [-0.3, -0.25) is 0 Å². The molecule has 1 aliphatic rings. The Labute approximate surface area is 150 Å². The molecule has 9 heteroatoms. The summed E-state index contributed by atoms with van der Waals surface area (Å²) in [5, 5.41) is 22.6. The largest absolute Gasteiger partial charge is 0.395 e. The molecule has 1 aliphatic heterocycles. The van der Waals surface area contributed by atoms with E-state index >= 15 is 0 Å². The van der Waals surface area contributed by atoms with Crippen molar-refractivity contribution < 1.29 is 10.0 Å². The summed E-state index contributed by atoms with van der Waals surface area (Å²) in [7, 11) is 0. The Bertz CT molecular complexity index is 889. The van der Waals surface area contributed by atoms with Crippen molar-refractivity contribution in [1.29, 1.82) is 0 Å². The molecule has 0 amide bonds. The van der Waals surface area contributed by atoms with Gasteiger partial charge in [0.25, 0.3) is 5.78 Å². The van der Waals surface area contributed by atoms with Crippen LogP contribution in [0.15, 0.2) is 0 Å². The minimum atomic E-state index is 0.105. The van der Waals surface area contributed by atoms with E-state index in [1.807, 2.05) is 0 Å². The standard InChI is InChI=1S/C16H23N7OS/c1-3-6-21-7-5-11-12(10-21)25-15-13(11)14(22(4-2)8-9-24)17-16-18-19-20-23(15)16/h24H,3-10H2,1-2H3/p+1. The highest BCUT2D eigenvalue weighted by atomic mass is 32.1. The zero-order valence-corrected chi connectivity index (χ0v) is 15.5. The minimum Gasteiger partial charge on any atom is -0.395 e. The van der Waals surface area contributed by atoms with Crippen molar-refractivity contribution >= 4 is 33.1 Å². The number of fused-ring (bicyclic) bond motifs is 5. The van der Waals surface area contributed by atoms with Gasteiger partial charge in [0.15, 0.2) is 0 Å². The van der Waals surface area contributed by atoms with Crippen molar-refractivity contribution in [2.24, 2.45) is 0 Å². The number of quaternary nitrogens is 1. The van der Waals surface area contributed by atoms with E-state index in [1.165, 1.54) is 28.8 Å². The number of hydrogen-bond acceptors (Lipinski definition) is 7. The van der Waals surface area contributed by atoms with Crippen molar-refractivity contribution in [3.05, 3.63) is 10.4 Å². The van der Waals surface area contributed by atoms with Crippen molar-refractivity contribution in [3.63, 3.8) is 0 Å². The summed E-state index contributed by atoms with van der Waals surface area (Å²) >= 11 is 1.79. The van der Waals surface area contributed by atoms with Crippen LogP contribution in [0.4, 0.5) is 5.82 Å². The lowest BCUT2D eigenvalue weighted by Crippen LogP contribution is -3.11. The van der Waals surface area contributed by atoms with Gasteiger partial charge in [-0.15, -0.1) is 11.3 Å². The summed E-state index contributed by atoms with van der Waals surface area (Å²) in [6.45, 7) is 9.23. The summed E-state index contributed by atoms with van der Waals surface area (Å²) in [6.07, 6.45) is 2.27. The first-order valence-electron chi connectivity index (χ1n) is 8.98. The second-order valence-electron chi connectivity index (χ2n) is 6.49. The van der Waals surface area contributed by atoms with Crippen molar-refractivity contribution in [1.82, 2.24) is 25.0 Å². The summed E-state index contributed by atoms with van der Waals surface area (Å²) in [5.74, 6) is 1.43. The molecule has 0 saturated carbocycles. The number of likely N-dealkylation sites (N-methyl/N-ethyl adjacent to an activating group) is 1. The van der Waals surface area contributed by atoms with Gasteiger partial charge >= 0.3 is 0 Å². The quantitative estimate of drug-likeness (QED) is 0.637. The second-order valence-corrected chi connectivity index (χ2v) is 7.57. The number of nitrogens with zero attached hydrogens (tertiary/aromatic N) is 6. The van der Waals surface area contributed by atoms with Gasteiger partial charge in [0.2, 0.25) is 0 Å². The molecule has 4 rings (SSSR count). The molecule has 134 valence electrons. The highest BCUT2D eigenvalue weighted by molar-refractivity contribution is 7.19.